The van der Waals surface area contributed by atoms with Gasteiger partial charge in [-0.2, -0.15) is 0 Å². The summed E-state index contributed by atoms with van der Waals surface area (Å²) < 4.78 is 12.9. The van der Waals surface area contributed by atoms with E-state index < -0.39 is 0 Å². The Labute approximate surface area is 132 Å². The molecule has 3 rings (SSSR count). The Morgan fingerprint density at radius 1 is 1.27 bits per heavy atom. The summed E-state index contributed by atoms with van der Waals surface area (Å²) in [6, 6.07) is 6.73. The Morgan fingerprint density at radius 3 is 2.64 bits per heavy atom. The standard InChI is InChI=1S/C18H26FN3/c1-2-20-17(22-13-11-18(14-22)9-3-10-18)21-12-8-15-4-6-16(19)7-5-15/h4-7H,2-3,8-14H2,1H3,(H,20,21). The van der Waals surface area contributed by atoms with E-state index in [1.54, 1.807) is 0 Å². The number of guanidine groups is 1. The fourth-order valence-corrected chi connectivity index (χ4v) is 3.57. The minimum Gasteiger partial charge on any atom is -0.357 e. The summed E-state index contributed by atoms with van der Waals surface area (Å²) in [5.74, 6) is 0.872. The molecule has 0 radical (unpaired) electrons. The molecule has 0 unspecified atom stereocenters. The van der Waals surface area contributed by atoms with Crippen molar-refractivity contribution >= 4 is 5.96 Å². The van der Waals surface area contributed by atoms with Gasteiger partial charge >= 0.3 is 0 Å². The first-order valence-corrected chi connectivity index (χ1v) is 8.48. The quantitative estimate of drug-likeness (QED) is 0.683. The van der Waals surface area contributed by atoms with Crippen LogP contribution in [0.3, 0.4) is 0 Å². The predicted octanol–water partition coefficient (Wildman–Crippen LogP) is 3.21. The van der Waals surface area contributed by atoms with Crippen LogP contribution in [-0.2, 0) is 6.42 Å². The number of nitrogens with zero attached hydrogens (tertiary/aromatic N) is 2. The molecule has 1 spiro atoms. The maximum absolute atomic E-state index is 12.9. The summed E-state index contributed by atoms with van der Waals surface area (Å²) in [5, 5.41) is 3.42. The lowest BCUT2D eigenvalue weighted by atomic mass is 9.68. The average Bonchev–Trinajstić information content (AvgIpc) is 2.94. The number of hydrogen-bond donors (Lipinski definition) is 1. The fraction of sp³-hybridized carbons (Fsp3) is 0.611. The van der Waals surface area contributed by atoms with Crippen LogP contribution < -0.4 is 5.32 Å². The molecular weight excluding hydrogens is 277 g/mol. The molecule has 120 valence electrons. The third-order valence-electron chi connectivity index (χ3n) is 5.06. The third kappa shape index (κ3) is 3.42. The molecule has 1 saturated heterocycles. The summed E-state index contributed by atoms with van der Waals surface area (Å²) >= 11 is 0. The molecule has 0 aromatic heterocycles. The molecule has 2 fully saturated rings. The lowest BCUT2D eigenvalue weighted by Gasteiger charge is -2.38. The van der Waals surface area contributed by atoms with Crippen LogP contribution in [0.4, 0.5) is 4.39 Å². The zero-order valence-electron chi connectivity index (χ0n) is 13.4. The van der Waals surface area contributed by atoms with Gasteiger partial charge in [-0.15, -0.1) is 0 Å². The van der Waals surface area contributed by atoms with Crippen molar-refractivity contribution in [2.75, 3.05) is 26.2 Å². The average molecular weight is 303 g/mol. The number of likely N-dealkylation sites (tertiary alicyclic amines) is 1. The normalized spacial score (nSPS) is 20.3. The largest absolute Gasteiger partial charge is 0.357 e. The van der Waals surface area contributed by atoms with Crippen LogP contribution in [0.25, 0.3) is 0 Å². The Kier molecular flexibility index (Phi) is 4.65. The van der Waals surface area contributed by atoms with Gasteiger partial charge in [0, 0.05) is 26.2 Å². The van der Waals surface area contributed by atoms with E-state index in [-0.39, 0.29) is 5.82 Å². The smallest absolute Gasteiger partial charge is 0.193 e. The van der Waals surface area contributed by atoms with Crippen LogP contribution in [0.1, 0.15) is 38.2 Å². The summed E-state index contributed by atoms with van der Waals surface area (Å²) in [4.78, 5) is 7.20. The van der Waals surface area contributed by atoms with Crippen LogP contribution in [0, 0.1) is 11.2 Å². The molecule has 0 atom stereocenters. The minimum atomic E-state index is -0.177. The van der Waals surface area contributed by atoms with Crippen molar-refractivity contribution in [1.82, 2.24) is 10.2 Å². The van der Waals surface area contributed by atoms with Gasteiger partial charge in [0.2, 0.25) is 0 Å². The number of aliphatic imine (C=N–C) groups is 1. The zero-order chi connectivity index (χ0) is 15.4. The summed E-state index contributed by atoms with van der Waals surface area (Å²) in [6.07, 6.45) is 6.34. The third-order valence-corrected chi connectivity index (χ3v) is 5.06. The van der Waals surface area contributed by atoms with Crippen molar-refractivity contribution < 1.29 is 4.39 Å². The highest BCUT2D eigenvalue weighted by Crippen LogP contribution is 2.47. The maximum atomic E-state index is 12.9. The lowest BCUT2D eigenvalue weighted by Crippen LogP contribution is -2.42. The van der Waals surface area contributed by atoms with Crippen LogP contribution >= 0.6 is 0 Å². The van der Waals surface area contributed by atoms with Gasteiger partial charge in [0.1, 0.15) is 5.82 Å². The Morgan fingerprint density at radius 2 is 2.05 bits per heavy atom. The van der Waals surface area contributed by atoms with Gasteiger partial charge in [0.15, 0.2) is 5.96 Å². The lowest BCUT2D eigenvalue weighted by molar-refractivity contribution is 0.151. The van der Waals surface area contributed by atoms with Crippen molar-refractivity contribution in [2.24, 2.45) is 10.4 Å². The fourth-order valence-electron chi connectivity index (χ4n) is 3.57. The SMILES string of the molecule is CCNC(=NCCc1ccc(F)cc1)N1CCC2(CCC2)C1. The van der Waals surface area contributed by atoms with Gasteiger partial charge in [0.05, 0.1) is 0 Å². The molecule has 1 aliphatic carbocycles. The Hall–Kier alpha value is -1.58. The van der Waals surface area contributed by atoms with Gasteiger partial charge in [-0.05, 0) is 55.7 Å². The zero-order valence-corrected chi connectivity index (χ0v) is 13.4. The Bertz CT molecular complexity index is 520. The first-order valence-electron chi connectivity index (χ1n) is 8.48. The van der Waals surface area contributed by atoms with E-state index in [0.717, 1.165) is 44.1 Å². The highest BCUT2D eigenvalue weighted by molar-refractivity contribution is 5.80. The topological polar surface area (TPSA) is 27.6 Å². The monoisotopic (exact) mass is 303 g/mol. The predicted molar refractivity (Wildman–Crippen MR) is 88.6 cm³/mol. The van der Waals surface area contributed by atoms with Gasteiger partial charge in [-0.1, -0.05) is 18.6 Å². The molecule has 1 heterocycles. The van der Waals surface area contributed by atoms with Gasteiger partial charge < -0.3 is 10.2 Å². The van der Waals surface area contributed by atoms with E-state index in [1.165, 1.54) is 37.8 Å². The molecular formula is C18H26FN3. The van der Waals surface area contributed by atoms with Gasteiger partial charge in [0.25, 0.3) is 0 Å². The van der Waals surface area contributed by atoms with E-state index in [9.17, 15) is 4.39 Å². The van der Waals surface area contributed by atoms with Crippen LogP contribution in [-0.4, -0.2) is 37.0 Å². The van der Waals surface area contributed by atoms with Crippen LogP contribution in [0.15, 0.2) is 29.3 Å². The van der Waals surface area contributed by atoms with Gasteiger partial charge in [-0.3, -0.25) is 4.99 Å². The van der Waals surface area contributed by atoms with E-state index in [2.05, 4.69) is 17.1 Å². The second-order valence-electron chi connectivity index (χ2n) is 6.64. The number of halogens is 1. The van der Waals surface area contributed by atoms with E-state index in [1.807, 2.05) is 12.1 Å². The molecule has 2 aliphatic rings. The number of nitrogens with one attached hydrogen (secondary N) is 1. The molecule has 1 N–H and O–H groups in total. The van der Waals surface area contributed by atoms with Crippen molar-refractivity contribution in [3.63, 3.8) is 0 Å². The number of rotatable bonds is 4. The first-order chi connectivity index (χ1) is 10.7. The van der Waals surface area contributed by atoms with Gasteiger partial charge in [-0.25, -0.2) is 4.39 Å². The molecule has 3 nitrogen and oxygen atoms in total. The molecule has 0 amide bonds. The first kappa shape index (κ1) is 15.3. The second kappa shape index (κ2) is 6.67. The minimum absolute atomic E-state index is 0.177. The number of benzene rings is 1. The maximum Gasteiger partial charge on any atom is 0.193 e. The molecule has 1 aromatic rings. The second-order valence-corrected chi connectivity index (χ2v) is 6.64. The highest BCUT2D eigenvalue weighted by atomic mass is 19.1. The highest BCUT2D eigenvalue weighted by Gasteiger charge is 2.43. The van der Waals surface area contributed by atoms with Crippen molar-refractivity contribution in [1.29, 1.82) is 0 Å². The molecule has 4 heteroatoms. The van der Waals surface area contributed by atoms with Crippen molar-refractivity contribution in [3.8, 4) is 0 Å². The Balaban J connectivity index is 1.57. The summed E-state index contributed by atoms with van der Waals surface area (Å²) in [6.45, 7) is 6.05. The molecule has 1 saturated carbocycles. The van der Waals surface area contributed by atoms with Crippen molar-refractivity contribution in [2.45, 2.75) is 39.0 Å². The van der Waals surface area contributed by atoms with Crippen LogP contribution in [0.5, 0.6) is 0 Å². The van der Waals surface area contributed by atoms with E-state index in [4.69, 9.17) is 4.99 Å². The van der Waals surface area contributed by atoms with Crippen molar-refractivity contribution in [3.05, 3.63) is 35.6 Å². The van der Waals surface area contributed by atoms with E-state index >= 15 is 0 Å². The van der Waals surface area contributed by atoms with E-state index in [0.29, 0.717) is 5.41 Å². The molecule has 1 aromatic carbocycles. The number of hydrogen-bond acceptors (Lipinski definition) is 1. The molecule has 22 heavy (non-hydrogen) atoms. The summed E-state index contributed by atoms with van der Waals surface area (Å²) in [5.41, 5.74) is 1.73. The molecule has 1 aliphatic heterocycles. The summed E-state index contributed by atoms with van der Waals surface area (Å²) in [7, 11) is 0. The molecule has 0 bridgehead atoms. The van der Waals surface area contributed by atoms with Crippen LogP contribution in [0.2, 0.25) is 0 Å².